The van der Waals surface area contributed by atoms with Crippen LogP contribution < -0.4 is 10.4 Å². The van der Waals surface area contributed by atoms with E-state index in [1.165, 1.54) is 18.4 Å². The molecule has 0 saturated heterocycles. The van der Waals surface area contributed by atoms with Crippen molar-refractivity contribution in [2.45, 2.75) is 39.2 Å². The number of nitrogens with one attached hydrogen (secondary N) is 1. The van der Waals surface area contributed by atoms with Crippen molar-refractivity contribution in [3.8, 4) is 17.1 Å². The number of H-pyrrole nitrogens is 1. The predicted molar refractivity (Wildman–Crippen MR) is 121 cm³/mol. The Hall–Kier alpha value is -3.41. The van der Waals surface area contributed by atoms with Gasteiger partial charge in [-0.2, -0.15) is 0 Å². The maximum absolute atomic E-state index is 12.6. The zero-order chi connectivity index (χ0) is 21.4. The maximum atomic E-state index is 12.6. The van der Waals surface area contributed by atoms with Crippen molar-refractivity contribution in [1.29, 1.82) is 0 Å². The van der Waals surface area contributed by atoms with Gasteiger partial charge in [0.05, 0.1) is 19.3 Å². The van der Waals surface area contributed by atoms with Gasteiger partial charge in [-0.1, -0.05) is 50.2 Å². The van der Waals surface area contributed by atoms with E-state index in [4.69, 9.17) is 9.72 Å². The monoisotopic (exact) mass is 414 g/mol. The van der Waals surface area contributed by atoms with E-state index in [1.54, 1.807) is 10.8 Å². The molecule has 0 aliphatic heterocycles. The van der Waals surface area contributed by atoms with Gasteiger partial charge in [0.25, 0.3) is 0 Å². The predicted octanol–water partition coefficient (Wildman–Crippen LogP) is 4.75. The van der Waals surface area contributed by atoms with Crippen LogP contribution in [0, 0.1) is 5.92 Å². The summed E-state index contributed by atoms with van der Waals surface area (Å²) >= 11 is 0. The van der Waals surface area contributed by atoms with Crippen molar-refractivity contribution in [3.63, 3.8) is 0 Å². The zero-order valence-electron chi connectivity index (χ0n) is 17.8. The van der Waals surface area contributed by atoms with E-state index >= 15 is 0 Å². The summed E-state index contributed by atoms with van der Waals surface area (Å²) in [6.07, 6.45) is 4.24. The Morgan fingerprint density at radius 2 is 1.90 bits per heavy atom. The van der Waals surface area contributed by atoms with E-state index in [-0.39, 0.29) is 5.69 Å². The van der Waals surface area contributed by atoms with Crippen LogP contribution in [-0.4, -0.2) is 26.1 Å². The number of imidazole rings is 1. The lowest BCUT2D eigenvalue weighted by Gasteiger charge is -2.11. The highest BCUT2D eigenvalue weighted by Crippen LogP contribution is 2.30. The number of ether oxygens (including phenoxy) is 1. The minimum absolute atomic E-state index is 0.187. The summed E-state index contributed by atoms with van der Waals surface area (Å²) in [6.45, 7) is 5.53. The molecule has 0 unspecified atom stereocenters. The van der Waals surface area contributed by atoms with Crippen LogP contribution in [0.3, 0.4) is 0 Å². The number of hydrogen-bond acceptors (Lipinski definition) is 4. The summed E-state index contributed by atoms with van der Waals surface area (Å²) in [5.41, 5.74) is 4.27. The number of nitrogens with zero attached hydrogens (tertiary/aromatic N) is 3. The normalized spacial score (nSPS) is 13.8. The molecule has 4 aromatic rings. The molecule has 31 heavy (non-hydrogen) atoms. The second kappa shape index (κ2) is 8.02. The number of rotatable bonds is 7. The minimum Gasteiger partial charge on any atom is -0.493 e. The SMILES string of the molecule is CC(C)c1ccccc1-c1ncc2[nH]c(=O)n(Cc3ccc(OCC4CC4)cc3)c2n1. The molecule has 0 spiro atoms. The van der Waals surface area contributed by atoms with Crippen molar-refractivity contribution in [2.24, 2.45) is 5.92 Å². The van der Waals surface area contributed by atoms with Gasteiger partial charge in [0.1, 0.15) is 11.3 Å². The zero-order valence-corrected chi connectivity index (χ0v) is 17.8. The Bertz CT molecular complexity index is 1270. The lowest BCUT2D eigenvalue weighted by Crippen LogP contribution is -2.17. The standard InChI is InChI=1S/C25H26N4O2/c1-16(2)20-5-3-4-6-21(20)23-26-13-22-24(28-23)29(25(30)27-22)14-17-9-11-19(12-10-17)31-15-18-7-8-18/h3-6,9-13,16,18H,7-8,14-15H2,1-2H3,(H,27,30). The average Bonchev–Trinajstić information content (AvgIpc) is 3.56. The Labute approximate surface area is 180 Å². The number of aromatic amines is 1. The van der Waals surface area contributed by atoms with Crippen LogP contribution in [0.25, 0.3) is 22.6 Å². The van der Waals surface area contributed by atoms with Crippen LogP contribution in [0.4, 0.5) is 0 Å². The Morgan fingerprint density at radius 3 is 2.65 bits per heavy atom. The van der Waals surface area contributed by atoms with Gasteiger partial charge in [-0.15, -0.1) is 0 Å². The second-order valence-electron chi connectivity index (χ2n) is 8.59. The van der Waals surface area contributed by atoms with Gasteiger partial charge >= 0.3 is 5.69 Å². The summed E-state index contributed by atoms with van der Waals surface area (Å²) in [5, 5.41) is 0. The number of fused-ring (bicyclic) bond motifs is 1. The first kappa shape index (κ1) is 19.5. The fourth-order valence-corrected chi connectivity index (χ4v) is 3.80. The Morgan fingerprint density at radius 1 is 1.13 bits per heavy atom. The minimum atomic E-state index is -0.187. The topological polar surface area (TPSA) is 72.8 Å². The van der Waals surface area contributed by atoms with E-state index in [0.717, 1.165) is 29.4 Å². The molecule has 6 heteroatoms. The molecule has 1 aliphatic carbocycles. The Kier molecular flexibility index (Phi) is 5.06. The largest absolute Gasteiger partial charge is 0.493 e. The third-order valence-corrected chi connectivity index (χ3v) is 5.78. The van der Waals surface area contributed by atoms with Gasteiger partial charge in [-0.25, -0.2) is 14.8 Å². The van der Waals surface area contributed by atoms with Crippen molar-refractivity contribution in [3.05, 3.63) is 76.3 Å². The van der Waals surface area contributed by atoms with Gasteiger partial charge in [0, 0.05) is 5.56 Å². The lowest BCUT2D eigenvalue weighted by atomic mass is 9.97. The van der Waals surface area contributed by atoms with Gasteiger partial charge in [0.2, 0.25) is 0 Å². The third kappa shape index (κ3) is 4.10. The van der Waals surface area contributed by atoms with Gasteiger partial charge in [-0.05, 0) is 47.9 Å². The highest BCUT2D eigenvalue weighted by molar-refractivity contribution is 5.73. The molecule has 1 fully saturated rings. The van der Waals surface area contributed by atoms with Crippen molar-refractivity contribution >= 4 is 11.2 Å². The van der Waals surface area contributed by atoms with Crippen molar-refractivity contribution < 1.29 is 4.74 Å². The van der Waals surface area contributed by atoms with Crippen LogP contribution in [0.2, 0.25) is 0 Å². The number of aromatic nitrogens is 4. The van der Waals surface area contributed by atoms with Crippen LogP contribution in [0.15, 0.2) is 59.5 Å². The molecular weight excluding hydrogens is 388 g/mol. The molecule has 1 aliphatic rings. The maximum Gasteiger partial charge on any atom is 0.328 e. The summed E-state index contributed by atoms with van der Waals surface area (Å²) in [7, 11) is 0. The van der Waals surface area contributed by atoms with Crippen LogP contribution in [0.5, 0.6) is 5.75 Å². The van der Waals surface area contributed by atoms with Gasteiger partial charge in [-0.3, -0.25) is 4.57 Å². The molecular formula is C25H26N4O2. The summed E-state index contributed by atoms with van der Waals surface area (Å²) < 4.78 is 7.48. The Balaban J connectivity index is 1.46. The second-order valence-corrected chi connectivity index (χ2v) is 8.59. The first-order valence-corrected chi connectivity index (χ1v) is 10.8. The molecule has 0 radical (unpaired) electrons. The smallest absolute Gasteiger partial charge is 0.328 e. The van der Waals surface area contributed by atoms with E-state index in [1.807, 2.05) is 42.5 Å². The third-order valence-electron chi connectivity index (χ3n) is 5.78. The molecule has 0 atom stereocenters. The first-order valence-electron chi connectivity index (χ1n) is 10.8. The summed E-state index contributed by atoms with van der Waals surface area (Å²) in [5.74, 6) is 2.58. The van der Waals surface area contributed by atoms with E-state index in [0.29, 0.717) is 29.5 Å². The lowest BCUT2D eigenvalue weighted by molar-refractivity contribution is 0.299. The van der Waals surface area contributed by atoms with Gasteiger partial charge in [0.15, 0.2) is 11.5 Å². The molecule has 1 N–H and O–H groups in total. The summed E-state index contributed by atoms with van der Waals surface area (Å²) in [4.78, 5) is 24.8. The van der Waals surface area contributed by atoms with Gasteiger partial charge < -0.3 is 9.72 Å². The highest BCUT2D eigenvalue weighted by Gasteiger charge is 2.21. The molecule has 6 nitrogen and oxygen atoms in total. The molecule has 2 aromatic heterocycles. The molecule has 2 aromatic carbocycles. The number of benzene rings is 2. The van der Waals surface area contributed by atoms with E-state index < -0.39 is 0 Å². The fourth-order valence-electron chi connectivity index (χ4n) is 3.80. The fraction of sp³-hybridized carbons (Fsp3) is 0.320. The van der Waals surface area contributed by atoms with E-state index in [2.05, 4.69) is 29.9 Å². The van der Waals surface area contributed by atoms with E-state index in [9.17, 15) is 4.79 Å². The highest BCUT2D eigenvalue weighted by atomic mass is 16.5. The molecule has 158 valence electrons. The van der Waals surface area contributed by atoms with Crippen LogP contribution in [0.1, 0.15) is 43.7 Å². The van der Waals surface area contributed by atoms with Crippen LogP contribution >= 0.6 is 0 Å². The molecule has 0 bridgehead atoms. The number of hydrogen-bond donors (Lipinski definition) is 1. The van der Waals surface area contributed by atoms with Crippen molar-refractivity contribution in [1.82, 2.24) is 19.5 Å². The first-order chi connectivity index (χ1) is 15.1. The molecule has 0 amide bonds. The quantitative estimate of drug-likeness (QED) is 0.474. The van der Waals surface area contributed by atoms with Crippen molar-refractivity contribution in [2.75, 3.05) is 6.61 Å². The average molecular weight is 415 g/mol. The molecule has 2 heterocycles. The molecule has 1 saturated carbocycles. The molecule has 5 rings (SSSR count). The summed E-state index contributed by atoms with van der Waals surface area (Å²) in [6, 6.07) is 16.1. The van der Waals surface area contributed by atoms with Crippen LogP contribution in [-0.2, 0) is 6.54 Å².